The predicted molar refractivity (Wildman–Crippen MR) is 81.7 cm³/mol. The Kier molecular flexibility index (Phi) is 4.47. The molecule has 3 N–H and O–H groups in total. The minimum absolute atomic E-state index is 0.397. The molecular formula is C14H19N3OS. The lowest BCUT2D eigenvalue weighted by Crippen LogP contribution is -2.23. The van der Waals surface area contributed by atoms with E-state index in [-0.39, 0.29) is 0 Å². The van der Waals surface area contributed by atoms with Crippen molar-refractivity contribution in [3.8, 4) is 0 Å². The fourth-order valence-corrected chi connectivity index (χ4v) is 2.87. The van der Waals surface area contributed by atoms with Crippen molar-refractivity contribution in [1.82, 2.24) is 0 Å². The number of carbonyl (C=O) groups is 1. The Balaban J connectivity index is 2.06. The number of nitrogens with zero attached hydrogens (tertiary/aromatic N) is 1. The largest absolute Gasteiger partial charge is 0.366 e. The minimum atomic E-state index is -0.407. The number of nitrogens with one attached hydrogen (secondary N) is 1. The van der Waals surface area contributed by atoms with Gasteiger partial charge in [0.25, 0.3) is 0 Å². The number of amidine groups is 1. The molecule has 5 heteroatoms. The summed E-state index contributed by atoms with van der Waals surface area (Å²) in [6.45, 7) is 4.40. The van der Waals surface area contributed by atoms with Crippen LogP contribution < -0.4 is 11.1 Å². The molecule has 1 aromatic rings. The van der Waals surface area contributed by atoms with E-state index in [9.17, 15) is 4.79 Å². The molecule has 0 saturated carbocycles. The number of rotatable bonds is 3. The summed E-state index contributed by atoms with van der Waals surface area (Å²) in [6.07, 6.45) is 1.13. The number of benzene rings is 1. The van der Waals surface area contributed by atoms with Gasteiger partial charge in [-0.05, 0) is 36.6 Å². The van der Waals surface area contributed by atoms with Gasteiger partial charge in [-0.3, -0.25) is 9.79 Å². The van der Waals surface area contributed by atoms with Crippen LogP contribution in [-0.2, 0) is 0 Å². The molecule has 1 aliphatic rings. The lowest BCUT2D eigenvalue weighted by Gasteiger charge is -2.23. The fraction of sp³-hybridized carbons (Fsp3) is 0.429. The van der Waals surface area contributed by atoms with Gasteiger partial charge < -0.3 is 11.1 Å². The average molecular weight is 277 g/mol. The summed E-state index contributed by atoms with van der Waals surface area (Å²) in [5.41, 5.74) is 6.66. The molecule has 4 nitrogen and oxygen atoms in total. The summed E-state index contributed by atoms with van der Waals surface area (Å²) in [6, 6.07) is 7.54. The third kappa shape index (κ3) is 3.73. The molecule has 0 saturated heterocycles. The summed E-state index contributed by atoms with van der Waals surface area (Å²) >= 11 is 1.74. The van der Waals surface area contributed by atoms with Crippen LogP contribution in [0.25, 0.3) is 0 Å². The third-order valence-electron chi connectivity index (χ3n) is 3.13. The first-order valence-electron chi connectivity index (χ1n) is 6.44. The van der Waals surface area contributed by atoms with E-state index in [1.165, 1.54) is 0 Å². The molecule has 102 valence electrons. The maximum absolute atomic E-state index is 11.0. The fourth-order valence-electron chi connectivity index (χ4n) is 1.92. The number of thioether (sulfide) groups is 1. The number of hydrogen-bond acceptors (Lipinski definition) is 4. The molecule has 1 heterocycles. The summed E-state index contributed by atoms with van der Waals surface area (Å²) in [4.78, 5) is 15.7. The first-order chi connectivity index (χ1) is 9.06. The molecule has 0 aliphatic carbocycles. The Morgan fingerprint density at radius 3 is 2.68 bits per heavy atom. The molecule has 1 aliphatic heterocycles. The van der Waals surface area contributed by atoms with Gasteiger partial charge in [0.05, 0.1) is 6.04 Å². The standard InChI is InChI=1S/C14H19N3OS/c1-9(2)12-7-8-19-14(17-12)16-11-5-3-10(4-6-11)13(15)18/h3-6,9,12H,7-8H2,1-2H3,(H2,15,18)(H,16,17). The summed E-state index contributed by atoms with van der Waals surface area (Å²) < 4.78 is 0. The number of aliphatic imine (C=N–C) groups is 1. The zero-order valence-electron chi connectivity index (χ0n) is 11.2. The number of anilines is 1. The Labute approximate surface area is 117 Å². The van der Waals surface area contributed by atoms with Crippen molar-refractivity contribution in [2.75, 3.05) is 11.1 Å². The average Bonchev–Trinajstić information content (AvgIpc) is 2.39. The Morgan fingerprint density at radius 1 is 1.42 bits per heavy atom. The van der Waals surface area contributed by atoms with Gasteiger partial charge in [0.1, 0.15) is 0 Å². The Bertz CT molecular complexity index is 482. The van der Waals surface area contributed by atoms with Crippen molar-refractivity contribution in [3.63, 3.8) is 0 Å². The maximum Gasteiger partial charge on any atom is 0.248 e. The summed E-state index contributed by atoms with van der Waals surface area (Å²) in [7, 11) is 0. The number of primary amides is 1. The highest BCUT2D eigenvalue weighted by Gasteiger charge is 2.18. The highest BCUT2D eigenvalue weighted by molar-refractivity contribution is 8.14. The lowest BCUT2D eigenvalue weighted by atomic mass is 10.0. The van der Waals surface area contributed by atoms with E-state index in [1.54, 1.807) is 23.9 Å². The molecule has 0 spiro atoms. The van der Waals surface area contributed by atoms with E-state index in [2.05, 4.69) is 19.2 Å². The zero-order valence-corrected chi connectivity index (χ0v) is 12.0. The summed E-state index contributed by atoms with van der Waals surface area (Å²) in [5.74, 6) is 1.25. The molecule has 0 aromatic heterocycles. The number of amides is 1. The van der Waals surface area contributed by atoms with Crippen LogP contribution in [0.5, 0.6) is 0 Å². The van der Waals surface area contributed by atoms with Crippen LogP contribution in [0.3, 0.4) is 0 Å². The van der Waals surface area contributed by atoms with Crippen LogP contribution in [0.4, 0.5) is 5.69 Å². The van der Waals surface area contributed by atoms with E-state index >= 15 is 0 Å². The van der Waals surface area contributed by atoms with E-state index in [0.717, 1.165) is 23.0 Å². The smallest absolute Gasteiger partial charge is 0.248 e. The highest BCUT2D eigenvalue weighted by Crippen LogP contribution is 2.23. The van der Waals surface area contributed by atoms with Crippen LogP contribution in [0.1, 0.15) is 30.6 Å². The third-order valence-corrected chi connectivity index (χ3v) is 4.05. The SMILES string of the molecule is CC(C)C1CCSC(Nc2ccc(C(N)=O)cc2)=N1. The molecule has 0 bridgehead atoms. The zero-order chi connectivity index (χ0) is 13.8. The van der Waals surface area contributed by atoms with Crippen molar-refractivity contribution in [2.24, 2.45) is 16.6 Å². The van der Waals surface area contributed by atoms with Gasteiger partial charge in [-0.1, -0.05) is 25.6 Å². The number of hydrogen-bond donors (Lipinski definition) is 2. The van der Waals surface area contributed by atoms with Crippen LogP contribution in [-0.4, -0.2) is 22.9 Å². The minimum Gasteiger partial charge on any atom is -0.366 e. The van der Waals surface area contributed by atoms with Crippen molar-refractivity contribution >= 4 is 28.5 Å². The summed E-state index contributed by atoms with van der Waals surface area (Å²) in [5, 5.41) is 4.25. The Hall–Kier alpha value is -1.49. The van der Waals surface area contributed by atoms with Crippen molar-refractivity contribution < 1.29 is 4.79 Å². The van der Waals surface area contributed by atoms with E-state index in [4.69, 9.17) is 10.7 Å². The second-order valence-electron chi connectivity index (χ2n) is 4.95. The number of carbonyl (C=O) groups excluding carboxylic acids is 1. The molecule has 0 radical (unpaired) electrons. The van der Waals surface area contributed by atoms with Gasteiger partial charge in [0, 0.05) is 17.0 Å². The van der Waals surface area contributed by atoms with Gasteiger partial charge in [0.15, 0.2) is 5.17 Å². The first-order valence-corrected chi connectivity index (χ1v) is 7.42. The maximum atomic E-state index is 11.0. The van der Waals surface area contributed by atoms with E-state index in [1.807, 2.05) is 12.1 Å². The van der Waals surface area contributed by atoms with Gasteiger partial charge in [-0.25, -0.2) is 0 Å². The topological polar surface area (TPSA) is 67.5 Å². The highest BCUT2D eigenvalue weighted by atomic mass is 32.2. The van der Waals surface area contributed by atoms with E-state index in [0.29, 0.717) is 17.5 Å². The van der Waals surface area contributed by atoms with E-state index < -0.39 is 5.91 Å². The molecule has 1 atom stereocenters. The monoisotopic (exact) mass is 277 g/mol. The number of nitrogens with two attached hydrogens (primary N) is 1. The Morgan fingerprint density at radius 2 is 2.11 bits per heavy atom. The van der Waals surface area contributed by atoms with Gasteiger partial charge in [-0.2, -0.15) is 0 Å². The molecule has 1 unspecified atom stereocenters. The predicted octanol–water partition coefficient (Wildman–Crippen LogP) is 2.71. The first kappa shape index (κ1) is 13.9. The molecular weight excluding hydrogens is 258 g/mol. The van der Waals surface area contributed by atoms with Crippen molar-refractivity contribution in [1.29, 1.82) is 0 Å². The lowest BCUT2D eigenvalue weighted by molar-refractivity contribution is 0.100. The van der Waals surface area contributed by atoms with Crippen molar-refractivity contribution in [2.45, 2.75) is 26.3 Å². The van der Waals surface area contributed by atoms with Crippen LogP contribution in [0, 0.1) is 5.92 Å². The second kappa shape index (κ2) is 6.10. The van der Waals surface area contributed by atoms with Crippen LogP contribution in [0.15, 0.2) is 29.3 Å². The van der Waals surface area contributed by atoms with Gasteiger partial charge in [-0.15, -0.1) is 0 Å². The molecule has 0 fully saturated rings. The second-order valence-corrected chi connectivity index (χ2v) is 6.03. The van der Waals surface area contributed by atoms with Crippen LogP contribution in [0.2, 0.25) is 0 Å². The molecule has 1 aromatic carbocycles. The quantitative estimate of drug-likeness (QED) is 0.892. The van der Waals surface area contributed by atoms with Gasteiger partial charge >= 0.3 is 0 Å². The molecule has 1 amide bonds. The van der Waals surface area contributed by atoms with Crippen molar-refractivity contribution in [3.05, 3.63) is 29.8 Å². The molecule has 19 heavy (non-hydrogen) atoms. The van der Waals surface area contributed by atoms with Gasteiger partial charge in [0.2, 0.25) is 5.91 Å². The molecule has 2 rings (SSSR count). The van der Waals surface area contributed by atoms with Crippen LogP contribution >= 0.6 is 11.8 Å². The normalized spacial score (nSPS) is 19.1.